The molecule has 0 aromatic heterocycles. The molecule has 1 atom stereocenters. The van der Waals surface area contributed by atoms with Crippen LogP contribution in [0.15, 0.2) is 24.3 Å². The van der Waals surface area contributed by atoms with E-state index >= 15 is 0 Å². The third-order valence-corrected chi connectivity index (χ3v) is 3.62. The first-order valence-electron chi connectivity index (χ1n) is 4.64. The summed E-state index contributed by atoms with van der Waals surface area (Å²) < 4.78 is 36.8. The molecule has 0 spiro atoms. The van der Waals surface area contributed by atoms with Gasteiger partial charge in [0.25, 0.3) is 0 Å². The van der Waals surface area contributed by atoms with Crippen molar-refractivity contribution in [3.05, 3.63) is 35.4 Å². The normalized spacial score (nSPS) is 13.9. The minimum Gasteiger partial charge on any atom is -0.238 e. The lowest BCUT2D eigenvalue weighted by atomic mass is 10.0. The predicted molar refractivity (Wildman–Crippen MR) is 58.3 cm³/mol. The molecule has 0 nitrogen and oxygen atoms in total. The van der Waals surface area contributed by atoms with Gasteiger partial charge in [0, 0.05) is 11.9 Å². The van der Waals surface area contributed by atoms with Gasteiger partial charge in [0.1, 0.15) is 0 Å². The summed E-state index contributed by atoms with van der Waals surface area (Å²) in [6.07, 6.45) is 0. The smallest absolute Gasteiger partial charge is 0.238 e. The molecule has 0 aliphatic carbocycles. The lowest BCUT2D eigenvalue weighted by Gasteiger charge is -2.12. The van der Waals surface area contributed by atoms with Crippen molar-refractivity contribution in [1.82, 2.24) is 0 Å². The van der Waals surface area contributed by atoms with Crippen LogP contribution >= 0.6 is 11.6 Å². The van der Waals surface area contributed by atoms with E-state index in [1.54, 1.807) is 31.2 Å². The van der Waals surface area contributed by atoms with Crippen LogP contribution in [0.1, 0.15) is 24.0 Å². The number of hydrogen-bond acceptors (Lipinski definition) is 0. The van der Waals surface area contributed by atoms with Crippen molar-refractivity contribution < 1.29 is 12.3 Å². The molecule has 0 amide bonds. The highest BCUT2D eigenvalue weighted by Gasteiger charge is 2.38. The summed E-state index contributed by atoms with van der Waals surface area (Å²) in [5.74, 6) is -0.0519. The second-order valence-electron chi connectivity index (χ2n) is 3.60. The van der Waals surface area contributed by atoms with Crippen LogP contribution in [0.5, 0.6) is 0 Å². The lowest BCUT2D eigenvalue weighted by molar-refractivity contribution is 0.458. The van der Waals surface area contributed by atoms with Crippen molar-refractivity contribution in [3.63, 3.8) is 0 Å². The molecule has 0 radical (unpaired) electrons. The molecule has 0 aliphatic rings. The Kier molecular flexibility index (Phi) is 4.22. The Morgan fingerprint density at radius 2 is 1.73 bits per heavy atom. The molecule has 1 aromatic rings. The monoisotopic (exact) mass is 252 g/mol. The van der Waals surface area contributed by atoms with Gasteiger partial charge >= 0.3 is 9.08 Å². The van der Waals surface area contributed by atoms with E-state index in [-0.39, 0.29) is 0 Å². The van der Waals surface area contributed by atoms with Gasteiger partial charge in [-0.2, -0.15) is 0 Å². The molecule has 0 N–H and O–H groups in total. The van der Waals surface area contributed by atoms with Gasteiger partial charge in [-0.1, -0.05) is 31.2 Å². The summed E-state index contributed by atoms with van der Waals surface area (Å²) in [7, 11) is -5.45. The summed E-state index contributed by atoms with van der Waals surface area (Å²) in [5.41, 5.74) is 1.66. The third kappa shape index (κ3) is 4.26. The number of alkyl halides is 1. The van der Waals surface area contributed by atoms with E-state index in [1.807, 2.05) is 0 Å². The predicted octanol–water partition coefficient (Wildman–Crippen LogP) is 4.38. The first-order chi connectivity index (χ1) is 6.92. The van der Waals surface area contributed by atoms with E-state index in [2.05, 4.69) is 0 Å². The van der Waals surface area contributed by atoms with Crippen LogP contribution in [0.3, 0.4) is 0 Å². The number of hydrogen-bond donors (Lipinski definition) is 0. The maximum Gasteiger partial charge on any atom is 0.616 e. The van der Waals surface area contributed by atoms with Crippen LogP contribution in [0.2, 0.25) is 6.04 Å². The molecule has 0 heterocycles. The molecule has 1 unspecified atom stereocenters. The Morgan fingerprint density at radius 1 is 1.20 bits per heavy atom. The van der Waals surface area contributed by atoms with E-state index in [0.717, 1.165) is 11.1 Å². The Labute approximate surface area is 93.6 Å². The zero-order chi connectivity index (χ0) is 11.5. The molecule has 5 heteroatoms. The fourth-order valence-corrected chi connectivity index (χ4v) is 2.51. The summed E-state index contributed by atoms with van der Waals surface area (Å²) in [6, 6.07) is 6.35. The van der Waals surface area contributed by atoms with Gasteiger partial charge in [-0.25, -0.2) is 12.3 Å². The standard InChI is InChI=1S/C10H12ClF3Si/c1-8(7-15(12,13)14)10-4-2-9(6-11)3-5-10/h2-5,8H,6-7H2,1H3. The van der Waals surface area contributed by atoms with Gasteiger partial charge in [-0.3, -0.25) is 0 Å². The van der Waals surface area contributed by atoms with Gasteiger partial charge in [0.15, 0.2) is 0 Å². The van der Waals surface area contributed by atoms with Gasteiger partial charge in [-0.15, -0.1) is 11.6 Å². The van der Waals surface area contributed by atoms with Crippen LogP contribution in [0, 0.1) is 0 Å². The highest BCUT2D eigenvalue weighted by molar-refractivity contribution is 6.58. The molecular formula is C10H12ClF3Si. The second-order valence-corrected chi connectivity index (χ2v) is 5.50. The van der Waals surface area contributed by atoms with Crippen LogP contribution in [-0.4, -0.2) is 9.08 Å². The van der Waals surface area contributed by atoms with Crippen molar-refractivity contribution in [2.75, 3.05) is 0 Å². The molecule has 15 heavy (non-hydrogen) atoms. The second kappa shape index (κ2) is 5.03. The fourth-order valence-electron chi connectivity index (χ4n) is 1.40. The summed E-state index contributed by atoms with van der Waals surface area (Å²) >= 11 is 5.59. The number of benzene rings is 1. The summed E-state index contributed by atoms with van der Waals surface area (Å²) in [6.45, 7) is 1.61. The topological polar surface area (TPSA) is 0 Å². The van der Waals surface area contributed by atoms with E-state index in [9.17, 15) is 12.3 Å². The van der Waals surface area contributed by atoms with Crippen LogP contribution in [0.25, 0.3) is 0 Å². The average molecular weight is 253 g/mol. The molecule has 0 saturated heterocycles. The van der Waals surface area contributed by atoms with E-state index in [4.69, 9.17) is 11.6 Å². The van der Waals surface area contributed by atoms with Crippen LogP contribution < -0.4 is 0 Å². The minimum atomic E-state index is -5.45. The summed E-state index contributed by atoms with van der Waals surface area (Å²) in [4.78, 5) is 0. The Balaban J connectivity index is 2.70. The van der Waals surface area contributed by atoms with Crippen molar-refractivity contribution >= 4 is 20.7 Å². The molecule has 84 valence electrons. The zero-order valence-electron chi connectivity index (χ0n) is 8.31. The van der Waals surface area contributed by atoms with E-state index in [1.165, 1.54) is 0 Å². The van der Waals surface area contributed by atoms with Crippen molar-refractivity contribution in [1.29, 1.82) is 0 Å². The lowest BCUT2D eigenvalue weighted by Crippen LogP contribution is -2.17. The first-order valence-corrected chi connectivity index (χ1v) is 7.01. The molecule has 1 aromatic carbocycles. The quantitative estimate of drug-likeness (QED) is 0.424. The molecule has 1 rings (SSSR count). The Hall–Kier alpha value is -0.483. The van der Waals surface area contributed by atoms with Crippen molar-refractivity contribution in [2.24, 2.45) is 0 Å². The van der Waals surface area contributed by atoms with Gasteiger partial charge < -0.3 is 0 Å². The largest absolute Gasteiger partial charge is 0.616 e. The van der Waals surface area contributed by atoms with E-state index < -0.39 is 21.0 Å². The van der Waals surface area contributed by atoms with E-state index in [0.29, 0.717) is 5.88 Å². The molecule has 0 saturated carbocycles. The third-order valence-electron chi connectivity index (χ3n) is 2.24. The highest BCUT2D eigenvalue weighted by Crippen LogP contribution is 2.28. The maximum absolute atomic E-state index is 12.3. The fraction of sp³-hybridized carbons (Fsp3) is 0.400. The summed E-state index contributed by atoms with van der Waals surface area (Å²) in [5, 5.41) is 0. The molecule has 0 bridgehead atoms. The molecule has 0 aliphatic heterocycles. The Bertz CT molecular complexity index is 307. The van der Waals surface area contributed by atoms with Crippen LogP contribution in [0.4, 0.5) is 12.3 Å². The maximum atomic E-state index is 12.3. The van der Waals surface area contributed by atoms with Gasteiger partial charge in [-0.05, 0) is 17.0 Å². The molecule has 0 fully saturated rings. The van der Waals surface area contributed by atoms with Crippen molar-refractivity contribution in [2.45, 2.75) is 24.8 Å². The van der Waals surface area contributed by atoms with Crippen molar-refractivity contribution in [3.8, 4) is 0 Å². The highest BCUT2D eigenvalue weighted by atomic mass is 35.5. The number of rotatable bonds is 4. The van der Waals surface area contributed by atoms with Crippen LogP contribution in [-0.2, 0) is 5.88 Å². The van der Waals surface area contributed by atoms with Gasteiger partial charge in [0.05, 0.1) is 0 Å². The SMILES string of the molecule is CC(C[Si](F)(F)F)c1ccc(CCl)cc1. The first kappa shape index (κ1) is 12.6. The Morgan fingerprint density at radius 3 is 2.13 bits per heavy atom. The minimum absolute atomic E-state index is 0.392. The molecular weight excluding hydrogens is 241 g/mol. The average Bonchev–Trinajstić information content (AvgIpc) is 2.15. The number of halogens is 4. The van der Waals surface area contributed by atoms with Gasteiger partial charge in [0.2, 0.25) is 0 Å². The zero-order valence-corrected chi connectivity index (χ0v) is 10.1.